The number of benzene rings is 1. The van der Waals surface area contributed by atoms with Crippen molar-refractivity contribution in [1.82, 2.24) is 9.80 Å². The first-order chi connectivity index (χ1) is 10.1. The highest BCUT2D eigenvalue weighted by atomic mass is 16.3. The van der Waals surface area contributed by atoms with Crippen molar-refractivity contribution in [2.45, 2.75) is 44.9 Å². The number of carbonyl (C=O) groups excluding carboxylic acids is 1. The molecule has 1 saturated heterocycles. The van der Waals surface area contributed by atoms with Crippen LogP contribution in [0.25, 0.3) is 0 Å². The summed E-state index contributed by atoms with van der Waals surface area (Å²) in [6.45, 7) is 4.01. The van der Waals surface area contributed by atoms with Crippen LogP contribution in [0.15, 0.2) is 42.6 Å². The molecule has 0 radical (unpaired) electrons. The highest BCUT2D eigenvalue weighted by Crippen LogP contribution is 2.34. The van der Waals surface area contributed by atoms with Gasteiger partial charge in [0, 0.05) is 13.2 Å². The van der Waals surface area contributed by atoms with Crippen molar-refractivity contribution in [2.24, 2.45) is 0 Å². The van der Waals surface area contributed by atoms with E-state index in [1.54, 1.807) is 9.80 Å². The molecule has 2 amide bonds. The minimum atomic E-state index is -0.343. The fourth-order valence-electron chi connectivity index (χ4n) is 2.66. The highest BCUT2D eigenvalue weighted by molar-refractivity contribution is 5.79. The first-order valence-electron chi connectivity index (χ1n) is 7.51. The lowest BCUT2D eigenvalue weighted by molar-refractivity contribution is 0.173. The quantitative estimate of drug-likeness (QED) is 0.904. The summed E-state index contributed by atoms with van der Waals surface area (Å²) in [5.41, 5.74) is 1.13. The van der Waals surface area contributed by atoms with E-state index >= 15 is 0 Å². The predicted octanol–water partition coefficient (Wildman–Crippen LogP) is 3.16. The van der Waals surface area contributed by atoms with Gasteiger partial charge in [0.2, 0.25) is 0 Å². The summed E-state index contributed by atoms with van der Waals surface area (Å²) in [5.74, 6) is 0. The smallest absolute Gasteiger partial charge is 0.324 e. The molecule has 0 aliphatic carbocycles. The number of amides is 2. The lowest BCUT2D eigenvalue weighted by Crippen LogP contribution is -2.28. The van der Waals surface area contributed by atoms with Crippen LogP contribution in [-0.2, 0) is 0 Å². The molecule has 4 heteroatoms. The van der Waals surface area contributed by atoms with Crippen LogP contribution in [-0.4, -0.2) is 40.1 Å². The van der Waals surface area contributed by atoms with E-state index in [9.17, 15) is 9.90 Å². The molecular weight excluding hydrogens is 264 g/mol. The molecule has 3 atom stereocenters. The number of nitrogens with zero attached hydrogens (tertiary/aromatic N) is 2. The molecule has 1 aromatic carbocycles. The first kappa shape index (κ1) is 15.6. The first-order valence-corrected chi connectivity index (χ1v) is 7.51. The van der Waals surface area contributed by atoms with Crippen LogP contribution in [0.3, 0.4) is 0 Å². The molecule has 1 aromatic rings. The monoisotopic (exact) mass is 288 g/mol. The van der Waals surface area contributed by atoms with Crippen molar-refractivity contribution in [3.05, 3.63) is 48.2 Å². The Morgan fingerprint density at radius 2 is 2.00 bits per heavy atom. The van der Waals surface area contributed by atoms with Gasteiger partial charge in [-0.1, -0.05) is 43.3 Å². The fraction of sp³-hybridized carbons (Fsp3) is 0.471. The maximum Gasteiger partial charge on any atom is 0.324 e. The Hall–Kier alpha value is -1.81. The zero-order chi connectivity index (χ0) is 15.4. The molecule has 4 nitrogen and oxygen atoms in total. The highest BCUT2D eigenvalue weighted by Gasteiger charge is 2.40. The summed E-state index contributed by atoms with van der Waals surface area (Å²) in [7, 11) is 1.83. The van der Waals surface area contributed by atoms with Gasteiger partial charge in [0.1, 0.15) is 0 Å². The third kappa shape index (κ3) is 3.27. The summed E-state index contributed by atoms with van der Waals surface area (Å²) in [4.78, 5) is 15.9. The molecular formula is C17H24N2O2. The zero-order valence-electron chi connectivity index (χ0n) is 12.9. The van der Waals surface area contributed by atoms with E-state index < -0.39 is 0 Å². The van der Waals surface area contributed by atoms with Crippen molar-refractivity contribution >= 4 is 6.03 Å². The largest absolute Gasteiger partial charge is 0.393 e. The Labute approximate surface area is 126 Å². The molecule has 1 aliphatic rings. The fourth-order valence-corrected chi connectivity index (χ4v) is 2.66. The molecule has 2 rings (SSSR count). The summed E-state index contributed by atoms with van der Waals surface area (Å²) >= 11 is 0. The van der Waals surface area contributed by atoms with Crippen LogP contribution < -0.4 is 0 Å². The molecule has 1 fully saturated rings. The lowest BCUT2D eigenvalue weighted by atomic mass is 10.0. The average Bonchev–Trinajstić information content (AvgIpc) is 2.72. The number of hydrogen-bond donors (Lipinski definition) is 1. The number of urea groups is 1. The SMILES string of the molecule is CC[C@@H](O)C/C=C\N1C(=O)N(C)[C@@H](C)[C@H]1c1ccccc1. The lowest BCUT2D eigenvalue weighted by Gasteiger charge is -2.23. The molecule has 21 heavy (non-hydrogen) atoms. The van der Waals surface area contributed by atoms with E-state index in [-0.39, 0.29) is 24.2 Å². The summed E-state index contributed by atoms with van der Waals surface area (Å²) in [6, 6.07) is 10.2. The Bertz CT molecular complexity index is 501. The van der Waals surface area contributed by atoms with Crippen molar-refractivity contribution in [3.63, 3.8) is 0 Å². The average molecular weight is 288 g/mol. The predicted molar refractivity (Wildman–Crippen MR) is 83.7 cm³/mol. The van der Waals surface area contributed by atoms with Crippen LogP contribution >= 0.6 is 0 Å². The number of likely N-dealkylation sites (N-methyl/N-ethyl adjacent to an activating group) is 1. The molecule has 0 aromatic heterocycles. The standard InChI is InChI=1S/C17H24N2O2/c1-4-15(20)11-8-12-19-16(13(2)18(3)17(19)21)14-9-6-5-7-10-14/h5-10,12-13,15-16,20H,4,11H2,1-3H3/b12-8-/t13-,15+,16-/m0/s1. The van der Waals surface area contributed by atoms with Gasteiger partial charge in [0.15, 0.2) is 0 Å². The minimum Gasteiger partial charge on any atom is -0.393 e. The van der Waals surface area contributed by atoms with Crippen LogP contribution in [0.5, 0.6) is 0 Å². The van der Waals surface area contributed by atoms with E-state index in [1.165, 1.54) is 0 Å². The molecule has 1 aliphatic heterocycles. The van der Waals surface area contributed by atoms with Gasteiger partial charge in [0.05, 0.1) is 18.2 Å². The zero-order valence-corrected chi connectivity index (χ0v) is 12.9. The molecule has 0 saturated carbocycles. The van der Waals surface area contributed by atoms with Crippen molar-refractivity contribution in [3.8, 4) is 0 Å². The molecule has 114 valence electrons. The van der Waals surface area contributed by atoms with Gasteiger partial charge in [-0.3, -0.25) is 4.90 Å². The number of aliphatic hydroxyl groups is 1. The van der Waals surface area contributed by atoms with E-state index in [0.29, 0.717) is 6.42 Å². The third-order valence-electron chi connectivity index (χ3n) is 4.18. The molecule has 0 unspecified atom stereocenters. The number of hydrogen-bond acceptors (Lipinski definition) is 2. The maximum atomic E-state index is 12.4. The second kappa shape index (κ2) is 6.76. The van der Waals surface area contributed by atoms with Gasteiger partial charge in [-0.25, -0.2) is 4.79 Å². The number of carbonyl (C=O) groups is 1. The summed E-state index contributed by atoms with van der Waals surface area (Å²) in [5, 5.41) is 9.62. The Morgan fingerprint density at radius 3 is 2.62 bits per heavy atom. The second-order valence-corrected chi connectivity index (χ2v) is 5.58. The third-order valence-corrected chi connectivity index (χ3v) is 4.18. The molecule has 1 N–H and O–H groups in total. The van der Waals surface area contributed by atoms with Gasteiger partial charge in [-0.15, -0.1) is 0 Å². The Morgan fingerprint density at radius 1 is 1.33 bits per heavy atom. The van der Waals surface area contributed by atoms with E-state index in [4.69, 9.17) is 0 Å². The van der Waals surface area contributed by atoms with E-state index in [0.717, 1.165) is 12.0 Å². The normalized spacial score (nSPS) is 24.1. The molecule has 0 spiro atoms. The van der Waals surface area contributed by atoms with Crippen molar-refractivity contribution < 1.29 is 9.90 Å². The van der Waals surface area contributed by atoms with Crippen LogP contribution in [0, 0.1) is 0 Å². The van der Waals surface area contributed by atoms with Crippen LogP contribution in [0.4, 0.5) is 4.79 Å². The second-order valence-electron chi connectivity index (χ2n) is 5.58. The van der Waals surface area contributed by atoms with Gasteiger partial charge in [0.25, 0.3) is 0 Å². The van der Waals surface area contributed by atoms with E-state index in [2.05, 4.69) is 19.1 Å². The summed E-state index contributed by atoms with van der Waals surface area (Å²) in [6.07, 6.45) is 4.65. The van der Waals surface area contributed by atoms with Crippen LogP contribution in [0.1, 0.15) is 38.3 Å². The van der Waals surface area contributed by atoms with Gasteiger partial charge >= 0.3 is 6.03 Å². The number of aliphatic hydroxyl groups excluding tert-OH is 1. The Kier molecular flexibility index (Phi) is 5.02. The van der Waals surface area contributed by atoms with Gasteiger partial charge in [-0.05, 0) is 25.3 Å². The van der Waals surface area contributed by atoms with Crippen molar-refractivity contribution in [2.75, 3.05) is 7.05 Å². The van der Waals surface area contributed by atoms with Crippen LogP contribution in [0.2, 0.25) is 0 Å². The maximum absolute atomic E-state index is 12.4. The molecule has 0 bridgehead atoms. The summed E-state index contributed by atoms with van der Waals surface area (Å²) < 4.78 is 0. The van der Waals surface area contributed by atoms with Gasteiger partial charge in [-0.2, -0.15) is 0 Å². The Balaban J connectivity index is 2.21. The van der Waals surface area contributed by atoms with Gasteiger partial charge < -0.3 is 10.0 Å². The number of rotatable bonds is 5. The minimum absolute atomic E-state index is 0.00130. The van der Waals surface area contributed by atoms with Crippen molar-refractivity contribution in [1.29, 1.82) is 0 Å². The molecule has 1 heterocycles. The topological polar surface area (TPSA) is 43.8 Å². The van der Waals surface area contributed by atoms with E-state index in [1.807, 2.05) is 44.4 Å².